The number of sulfonamides is 1. The third kappa shape index (κ3) is 4.80. The predicted molar refractivity (Wildman–Crippen MR) is 69.4 cm³/mol. The number of carbonyl (C=O) groups is 2. The van der Waals surface area contributed by atoms with Gasteiger partial charge in [0.25, 0.3) is 0 Å². The van der Waals surface area contributed by atoms with Crippen molar-refractivity contribution < 1.29 is 23.1 Å². The molecule has 0 bridgehead atoms. The molecule has 7 heteroatoms. The van der Waals surface area contributed by atoms with Gasteiger partial charge in [0.15, 0.2) is 5.78 Å². The van der Waals surface area contributed by atoms with Crippen molar-refractivity contribution in [3.8, 4) is 0 Å². The van der Waals surface area contributed by atoms with Crippen molar-refractivity contribution in [3.63, 3.8) is 0 Å². The average Bonchev–Trinajstić information content (AvgIpc) is 2.36. The number of carbonyl (C=O) groups excluding carboxylic acids is 1. The van der Waals surface area contributed by atoms with Crippen LogP contribution in [0.5, 0.6) is 0 Å². The van der Waals surface area contributed by atoms with Crippen molar-refractivity contribution in [2.45, 2.75) is 19.4 Å². The lowest BCUT2D eigenvalue weighted by Crippen LogP contribution is -2.42. The van der Waals surface area contributed by atoms with E-state index in [9.17, 15) is 18.0 Å². The van der Waals surface area contributed by atoms with Gasteiger partial charge in [0.2, 0.25) is 10.0 Å². The molecular weight excluding hydrogens is 270 g/mol. The van der Waals surface area contributed by atoms with Gasteiger partial charge in [-0.2, -0.15) is 0 Å². The number of carboxylic acid groups (broad SMARTS) is 1. The van der Waals surface area contributed by atoms with E-state index in [0.717, 1.165) is 0 Å². The quantitative estimate of drug-likeness (QED) is 0.716. The van der Waals surface area contributed by atoms with Crippen molar-refractivity contribution in [3.05, 3.63) is 35.9 Å². The van der Waals surface area contributed by atoms with Crippen LogP contribution in [-0.2, 0) is 14.8 Å². The minimum absolute atomic E-state index is 0.105. The molecule has 104 valence electrons. The lowest BCUT2D eigenvalue weighted by atomic mass is 10.2. The van der Waals surface area contributed by atoms with Crippen LogP contribution in [0.1, 0.15) is 23.7 Å². The van der Waals surface area contributed by atoms with Crippen molar-refractivity contribution in [2.75, 3.05) is 5.75 Å². The number of aliphatic carboxylic acids is 1. The van der Waals surface area contributed by atoms with E-state index in [1.807, 2.05) is 4.72 Å². The van der Waals surface area contributed by atoms with Gasteiger partial charge in [-0.1, -0.05) is 37.3 Å². The molecule has 0 saturated carbocycles. The molecule has 1 atom stereocenters. The van der Waals surface area contributed by atoms with E-state index < -0.39 is 33.6 Å². The van der Waals surface area contributed by atoms with Crippen molar-refractivity contribution >= 4 is 21.8 Å². The molecule has 6 nitrogen and oxygen atoms in total. The molecule has 1 aromatic carbocycles. The molecule has 19 heavy (non-hydrogen) atoms. The summed E-state index contributed by atoms with van der Waals surface area (Å²) in [5.74, 6) is -2.60. The first-order chi connectivity index (χ1) is 8.85. The van der Waals surface area contributed by atoms with E-state index >= 15 is 0 Å². The highest BCUT2D eigenvalue weighted by molar-refractivity contribution is 7.90. The largest absolute Gasteiger partial charge is 0.480 e. The molecule has 0 fully saturated rings. The normalized spacial score (nSPS) is 12.9. The third-order valence-corrected chi connectivity index (χ3v) is 3.73. The Morgan fingerprint density at radius 1 is 1.26 bits per heavy atom. The van der Waals surface area contributed by atoms with Gasteiger partial charge in [0.05, 0.1) is 0 Å². The third-order valence-electron chi connectivity index (χ3n) is 2.45. The molecule has 1 rings (SSSR count). The van der Waals surface area contributed by atoms with Gasteiger partial charge >= 0.3 is 5.97 Å². The fourth-order valence-corrected chi connectivity index (χ4v) is 2.74. The van der Waals surface area contributed by atoms with Crippen LogP contribution in [0.4, 0.5) is 0 Å². The van der Waals surface area contributed by atoms with Crippen LogP contribution in [0.15, 0.2) is 30.3 Å². The van der Waals surface area contributed by atoms with E-state index in [2.05, 4.69) is 0 Å². The number of rotatable bonds is 7. The Labute approximate surface area is 111 Å². The molecule has 0 saturated heterocycles. The van der Waals surface area contributed by atoms with Crippen LogP contribution in [-0.4, -0.2) is 37.1 Å². The first kappa shape index (κ1) is 15.3. The van der Waals surface area contributed by atoms with E-state index in [1.54, 1.807) is 25.1 Å². The van der Waals surface area contributed by atoms with E-state index in [4.69, 9.17) is 5.11 Å². The summed E-state index contributed by atoms with van der Waals surface area (Å²) < 4.78 is 25.4. The SMILES string of the molecule is CC[C@@H](NS(=O)(=O)CC(=O)c1ccccc1)C(=O)O. The summed E-state index contributed by atoms with van der Waals surface area (Å²) in [5, 5.41) is 8.78. The smallest absolute Gasteiger partial charge is 0.321 e. The molecule has 2 N–H and O–H groups in total. The fraction of sp³-hybridized carbons (Fsp3) is 0.333. The Kier molecular flexibility index (Phi) is 5.20. The van der Waals surface area contributed by atoms with Gasteiger partial charge in [-0.3, -0.25) is 9.59 Å². The van der Waals surface area contributed by atoms with Crippen LogP contribution < -0.4 is 4.72 Å². The second-order valence-corrected chi connectivity index (χ2v) is 5.72. The Morgan fingerprint density at radius 3 is 2.32 bits per heavy atom. The minimum Gasteiger partial charge on any atom is -0.480 e. The molecule has 0 aliphatic rings. The van der Waals surface area contributed by atoms with Gasteiger partial charge in [0.1, 0.15) is 11.8 Å². The maximum atomic E-state index is 11.7. The number of Topliss-reactive ketones (excluding diaryl/α,β-unsaturated/α-hetero) is 1. The Balaban J connectivity index is 2.75. The van der Waals surface area contributed by atoms with Gasteiger partial charge < -0.3 is 5.11 Å². The molecule has 0 amide bonds. The van der Waals surface area contributed by atoms with Crippen LogP contribution in [0.25, 0.3) is 0 Å². The lowest BCUT2D eigenvalue weighted by molar-refractivity contribution is -0.139. The summed E-state index contributed by atoms with van der Waals surface area (Å²) in [7, 11) is -3.97. The second kappa shape index (κ2) is 6.44. The highest BCUT2D eigenvalue weighted by Gasteiger charge is 2.24. The molecule has 0 heterocycles. The second-order valence-electron chi connectivity index (χ2n) is 3.97. The molecule has 0 aliphatic carbocycles. The van der Waals surface area contributed by atoms with Gasteiger partial charge in [-0.15, -0.1) is 0 Å². The topological polar surface area (TPSA) is 101 Å². The Hall–Kier alpha value is -1.73. The predicted octanol–water partition coefficient (Wildman–Crippen LogP) is 0.652. The summed E-state index contributed by atoms with van der Waals surface area (Å²) in [5.41, 5.74) is 0.274. The van der Waals surface area contributed by atoms with E-state index in [-0.39, 0.29) is 12.0 Å². The minimum atomic E-state index is -3.97. The maximum Gasteiger partial charge on any atom is 0.321 e. The summed E-state index contributed by atoms with van der Waals surface area (Å²) in [6.07, 6.45) is 0.105. The van der Waals surface area contributed by atoms with E-state index in [1.165, 1.54) is 12.1 Å². The van der Waals surface area contributed by atoms with Gasteiger partial charge in [-0.25, -0.2) is 13.1 Å². The molecule has 0 aliphatic heterocycles. The standard InChI is InChI=1S/C12H15NO5S/c1-2-10(12(15)16)13-19(17,18)8-11(14)9-6-4-3-5-7-9/h3-7,10,13H,2,8H2,1H3,(H,15,16)/t10-/m1/s1. The number of ketones is 1. The zero-order valence-electron chi connectivity index (χ0n) is 10.4. The molecule has 0 unspecified atom stereocenters. The monoisotopic (exact) mass is 285 g/mol. The number of nitrogens with one attached hydrogen (secondary N) is 1. The molecule has 0 spiro atoms. The number of hydrogen-bond donors (Lipinski definition) is 2. The molecule has 1 aromatic rings. The summed E-state index contributed by atoms with van der Waals surface area (Å²) in [6.45, 7) is 1.54. The maximum absolute atomic E-state index is 11.7. The van der Waals surface area contributed by atoms with Crippen LogP contribution in [0, 0.1) is 0 Å². The highest BCUT2D eigenvalue weighted by atomic mass is 32.2. The number of hydrogen-bond acceptors (Lipinski definition) is 4. The van der Waals surface area contributed by atoms with Crippen molar-refractivity contribution in [1.82, 2.24) is 4.72 Å². The van der Waals surface area contributed by atoms with Gasteiger partial charge in [-0.05, 0) is 6.42 Å². The summed E-state index contributed by atoms with van der Waals surface area (Å²) in [4.78, 5) is 22.5. The Bertz CT molecular complexity index is 553. The van der Waals surface area contributed by atoms with Crippen molar-refractivity contribution in [2.24, 2.45) is 0 Å². The lowest BCUT2D eigenvalue weighted by Gasteiger charge is -2.12. The average molecular weight is 285 g/mol. The zero-order chi connectivity index (χ0) is 14.5. The number of benzene rings is 1. The molecule has 0 radical (unpaired) electrons. The number of carboxylic acids is 1. The zero-order valence-corrected chi connectivity index (χ0v) is 11.2. The first-order valence-electron chi connectivity index (χ1n) is 5.66. The van der Waals surface area contributed by atoms with Crippen molar-refractivity contribution in [1.29, 1.82) is 0 Å². The van der Waals surface area contributed by atoms with Gasteiger partial charge in [0, 0.05) is 5.56 Å². The first-order valence-corrected chi connectivity index (χ1v) is 7.32. The van der Waals surface area contributed by atoms with Crippen LogP contribution in [0.3, 0.4) is 0 Å². The van der Waals surface area contributed by atoms with Crippen LogP contribution >= 0.6 is 0 Å². The van der Waals surface area contributed by atoms with E-state index in [0.29, 0.717) is 0 Å². The fourth-order valence-electron chi connectivity index (χ4n) is 1.45. The summed E-state index contributed by atoms with van der Waals surface area (Å²) >= 11 is 0. The molecular formula is C12H15NO5S. The highest BCUT2D eigenvalue weighted by Crippen LogP contribution is 2.03. The molecule has 0 aromatic heterocycles. The Morgan fingerprint density at radius 2 is 1.84 bits per heavy atom. The summed E-state index contributed by atoms with van der Waals surface area (Å²) in [6, 6.07) is 6.76. The van der Waals surface area contributed by atoms with Crippen LogP contribution in [0.2, 0.25) is 0 Å².